The molecule has 1 amide bonds. The van der Waals surface area contributed by atoms with E-state index in [0.29, 0.717) is 28.0 Å². The van der Waals surface area contributed by atoms with E-state index in [-0.39, 0.29) is 17.8 Å². The van der Waals surface area contributed by atoms with Gasteiger partial charge in [-0.05, 0) is 37.6 Å². The van der Waals surface area contributed by atoms with Crippen LogP contribution in [0.4, 0.5) is 10.2 Å². The van der Waals surface area contributed by atoms with Gasteiger partial charge < -0.3 is 15.6 Å². The number of anilines is 1. The smallest absolute Gasteiger partial charge is 0.256 e. The SMILES string of the molecule is Cn1ncc2cc(C(=O)Nc3cc4[nH]c(C5CCCN5)c(F)c4cn3)ccc21. The molecule has 1 aliphatic heterocycles. The number of H-pyrrole nitrogens is 1. The molecule has 1 aromatic carbocycles. The van der Waals surface area contributed by atoms with Crippen LogP contribution in [0.1, 0.15) is 34.9 Å². The number of carbonyl (C=O) groups excluding carboxylic acids is 1. The lowest BCUT2D eigenvalue weighted by Crippen LogP contribution is -2.14. The van der Waals surface area contributed by atoms with Crippen LogP contribution in [0, 0.1) is 5.82 Å². The van der Waals surface area contributed by atoms with Gasteiger partial charge in [0.1, 0.15) is 5.82 Å². The van der Waals surface area contributed by atoms with Crippen molar-refractivity contribution in [2.75, 3.05) is 11.9 Å². The number of rotatable bonds is 3. The van der Waals surface area contributed by atoms with E-state index >= 15 is 0 Å². The molecule has 28 heavy (non-hydrogen) atoms. The summed E-state index contributed by atoms with van der Waals surface area (Å²) in [7, 11) is 1.85. The highest BCUT2D eigenvalue weighted by molar-refractivity contribution is 6.06. The van der Waals surface area contributed by atoms with Gasteiger partial charge in [0.2, 0.25) is 0 Å². The molecule has 8 heteroatoms. The zero-order valence-corrected chi connectivity index (χ0v) is 15.3. The third kappa shape index (κ3) is 2.73. The molecule has 0 bridgehead atoms. The second-order valence-electron chi connectivity index (χ2n) is 7.11. The van der Waals surface area contributed by atoms with Crippen molar-refractivity contribution < 1.29 is 9.18 Å². The van der Waals surface area contributed by atoms with Crippen LogP contribution in [-0.2, 0) is 7.05 Å². The molecule has 1 saturated heterocycles. The molecule has 0 radical (unpaired) electrons. The van der Waals surface area contributed by atoms with E-state index in [4.69, 9.17) is 0 Å². The number of fused-ring (bicyclic) bond motifs is 2. The molecule has 4 aromatic rings. The first-order valence-corrected chi connectivity index (χ1v) is 9.24. The summed E-state index contributed by atoms with van der Waals surface area (Å²) in [5.74, 6) is -0.180. The third-order valence-corrected chi connectivity index (χ3v) is 5.30. The first kappa shape index (κ1) is 16.9. The van der Waals surface area contributed by atoms with Crippen LogP contribution in [0.3, 0.4) is 0 Å². The number of nitrogens with zero attached hydrogens (tertiary/aromatic N) is 3. The topological polar surface area (TPSA) is 87.6 Å². The number of nitrogens with one attached hydrogen (secondary N) is 3. The van der Waals surface area contributed by atoms with E-state index in [1.165, 1.54) is 6.20 Å². The first-order valence-electron chi connectivity index (χ1n) is 9.24. The number of hydrogen-bond donors (Lipinski definition) is 3. The number of aryl methyl sites for hydroxylation is 1. The summed E-state index contributed by atoms with van der Waals surface area (Å²) in [6, 6.07) is 7.05. The molecule has 1 aliphatic rings. The van der Waals surface area contributed by atoms with E-state index in [1.807, 2.05) is 13.1 Å². The minimum atomic E-state index is -0.276. The van der Waals surface area contributed by atoms with Gasteiger partial charge >= 0.3 is 0 Å². The molecule has 7 nitrogen and oxygen atoms in total. The van der Waals surface area contributed by atoms with Crippen LogP contribution < -0.4 is 10.6 Å². The highest BCUT2D eigenvalue weighted by atomic mass is 19.1. The molecule has 1 unspecified atom stereocenters. The van der Waals surface area contributed by atoms with Gasteiger partial charge in [0, 0.05) is 30.3 Å². The molecule has 0 spiro atoms. The van der Waals surface area contributed by atoms with Crippen LogP contribution in [0.25, 0.3) is 21.8 Å². The number of halogens is 1. The molecule has 3 aromatic heterocycles. The molecular weight excluding hydrogens is 359 g/mol. The Bertz CT molecular complexity index is 1200. The maximum absolute atomic E-state index is 14.7. The predicted molar refractivity (Wildman–Crippen MR) is 105 cm³/mol. The maximum atomic E-state index is 14.7. The Morgan fingerprint density at radius 1 is 1.32 bits per heavy atom. The number of aromatic amines is 1. The van der Waals surface area contributed by atoms with E-state index in [1.54, 1.807) is 29.1 Å². The Hall–Kier alpha value is -3.26. The zero-order valence-electron chi connectivity index (χ0n) is 15.3. The number of hydrogen-bond acceptors (Lipinski definition) is 4. The maximum Gasteiger partial charge on any atom is 0.256 e. The van der Waals surface area contributed by atoms with Gasteiger partial charge in [0.15, 0.2) is 5.82 Å². The lowest BCUT2D eigenvalue weighted by Gasteiger charge is -2.07. The average Bonchev–Trinajstić information content (AvgIpc) is 3.42. The Labute approximate surface area is 159 Å². The van der Waals surface area contributed by atoms with Gasteiger partial charge in [-0.25, -0.2) is 9.37 Å². The van der Waals surface area contributed by atoms with Crippen molar-refractivity contribution in [1.82, 2.24) is 25.1 Å². The van der Waals surface area contributed by atoms with Crippen LogP contribution in [0.15, 0.2) is 36.7 Å². The van der Waals surface area contributed by atoms with Crippen molar-refractivity contribution in [2.45, 2.75) is 18.9 Å². The fourth-order valence-electron chi connectivity index (χ4n) is 3.81. The average molecular weight is 378 g/mol. The minimum absolute atomic E-state index is 0.00310. The van der Waals surface area contributed by atoms with Crippen LogP contribution in [-0.4, -0.2) is 32.2 Å². The fraction of sp³-hybridized carbons (Fsp3) is 0.250. The molecular formula is C20H19FN6O. The normalized spacial score (nSPS) is 16.9. The van der Waals surface area contributed by atoms with Gasteiger partial charge in [0.25, 0.3) is 5.91 Å². The number of benzene rings is 1. The lowest BCUT2D eigenvalue weighted by atomic mass is 10.1. The summed E-state index contributed by atoms with van der Waals surface area (Å²) in [6.45, 7) is 0.889. The van der Waals surface area contributed by atoms with Gasteiger partial charge in [-0.3, -0.25) is 9.48 Å². The molecule has 142 valence electrons. The van der Waals surface area contributed by atoms with Crippen molar-refractivity contribution in [1.29, 1.82) is 0 Å². The largest absolute Gasteiger partial charge is 0.354 e. The minimum Gasteiger partial charge on any atom is -0.354 e. The van der Waals surface area contributed by atoms with Gasteiger partial charge in [0.05, 0.1) is 34.4 Å². The van der Waals surface area contributed by atoms with E-state index in [9.17, 15) is 9.18 Å². The van der Waals surface area contributed by atoms with Gasteiger partial charge in [-0.15, -0.1) is 0 Å². The second kappa shape index (κ2) is 6.42. The number of pyridine rings is 1. The van der Waals surface area contributed by atoms with Gasteiger partial charge in [-0.2, -0.15) is 5.10 Å². The summed E-state index contributed by atoms with van der Waals surface area (Å²) in [4.78, 5) is 20.0. The monoisotopic (exact) mass is 378 g/mol. The van der Waals surface area contributed by atoms with Gasteiger partial charge in [-0.1, -0.05) is 0 Å². The van der Waals surface area contributed by atoms with E-state index in [0.717, 1.165) is 30.3 Å². The lowest BCUT2D eigenvalue weighted by molar-refractivity contribution is 0.102. The van der Waals surface area contributed by atoms with Crippen molar-refractivity contribution in [2.24, 2.45) is 7.05 Å². The van der Waals surface area contributed by atoms with E-state index in [2.05, 4.69) is 25.7 Å². The quantitative estimate of drug-likeness (QED) is 0.511. The summed E-state index contributed by atoms with van der Waals surface area (Å²) in [6.07, 6.45) is 5.11. The molecule has 0 saturated carbocycles. The Morgan fingerprint density at radius 2 is 2.21 bits per heavy atom. The summed E-state index contributed by atoms with van der Waals surface area (Å²) >= 11 is 0. The summed E-state index contributed by atoms with van der Waals surface area (Å²) in [5, 5.41) is 11.6. The number of amides is 1. The highest BCUT2D eigenvalue weighted by Crippen LogP contribution is 2.30. The van der Waals surface area contributed by atoms with Crippen LogP contribution >= 0.6 is 0 Å². The van der Waals surface area contributed by atoms with Crippen molar-refractivity contribution in [3.05, 3.63) is 53.7 Å². The second-order valence-corrected chi connectivity index (χ2v) is 7.11. The number of carbonyl (C=O) groups is 1. The van der Waals surface area contributed by atoms with E-state index < -0.39 is 0 Å². The Morgan fingerprint density at radius 3 is 3.04 bits per heavy atom. The molecule has 1 fully saturated rings. The van der Waals surface area contributed by atoms with Crippen molar-refractivity contribution in [3.8, 4) is 0 Å². The Kier molecular flexibility index (Phi) is 3.87. The predicted octanol–water partition coefficient (Wildman–Crippen LogP) is 3.27. The third-order valence-electron chi connectivity index (χ3n) is 5.30. The Balaban J connectivity index is 1.42. The molecule has 5 rings (SSSR count). The molecule has 1 atom stereocenters. The summed E-state index contributed by atoms with van der Waals surface area (Å²) < 4.78 is 16.4. The van der Waals surface area contributed by atoms with Crippen LogP contribution in [0.5, 0.6) is 0 Å². The first-order chi connectivity index (χ1) is 13.6. The molecule has 3 N–H and O–H groups in total. The zero-order chi connectivity index (χ0) is 19.3. The number of aromatic nitrogens is 4. The highest BCUT2D eigenvalue weighted by Gasteiger charge is 2.23. The van der Waals surface area contributed by atoms with Crippen LogP contribution in [0.2, 0.25) is 0 Å². The fourth-order valence-corrected chi connectivity index (χ4v) is 3.81. The van der Waals surface area contributed by atoms with Crippen molar-refractivity contribution in [3.63, 3.8) is 0 Å². The molecule has 4 heterocycles. The standard InChI is InChI=1S/C20H19FN6O/c1-27-16-5-4-11(7-12(16)9-24-27)20(28)26-17-8-15-13(10-23-17)18(21)19(25-15)14-3-2-6-22-14/h4-5,7-10,14,22,25H,2-3,6H2,1H3,(H,23,26,28). The van der Waals surface area contributed by atoms with Crippen molar-refractivity contribution >= 4 is 33.5 Å². The molecule has 0 aliphatic carbocycles. The summed E-state index contributed by atoms with van der Waals surface area (Å²) in [5.41, 5.74) is 2.64.